The molecule has 5 heteroatoms. The second-order valence-electron chi connectivity index (χ2n) is 5.24. The number of imidazole rings is 1. The van der Waals surface area contributed by atoms with Gasteiger partial charge in [-0.3, -0.25) is 4.79 Å². The minimum atomic E-state index is -0.0701. The lowest BCUT2D eigenvalue weighted by Crippen LogP contribution is -2.21. The summed E-state index contributed by atoms with van der Waals surface area (Å²) in [5.74, 6) is 0.861. The van der Waals surface area contributed by atoms with Gasteiger partial charge < -0.3 is 9.88 Å². The molecule has 2 heterocycles. The zero-order chi connectivity index (χ0) is 16.2. The van der Waals surface area contributed by atoms with E-state index in [9.17, 15) is 4.79 Å². The number of para-hydroxylation sites is 2. The Morgan fingerprint density at radius 1 is 1.35 bits per heavy atom. The molecular formula is C18H19N3OS. The molecule has 0 unspecified atom stereocenters. The molecule has 0 saturated carbocycles. The molecule has 1 amide bonds. The van der Waals surface area contributed by atoms with Gasteiger partial charge >= 0.3 is 0 Å². The number of thiophene rings is 1. The van der Waals surface area contributed by atoms with Crippen LogP contribution in [0.25, 0.3) is 21.7 Å². The summed E-state index contributed by atoms with van der Waals surface area (Å²) in [6.07, 6.45) is 2.71. The molecule has 118 valence electrons. The number of benzene rings is 1. The number of hydrogen-bond donors (Lipinski definition) is 1. The van der Waals surface area contributed by atoms with E-state index in [1.54, 1.807) is 6.08 Å². The van der Waals surface area contributed by atoms with Crippen LogP contribution in [0.3, 0.4) is 0 Å². The smallest absolute Gasteiger partial charge is 0.261 e. The van der Waals surface area contributed by atoms with Crippen LogP contribution in [0.2, 0.25) is 0 Å². The first-order chi connectivity index (χ1) is 11.2. The number of rotatable bonds is 6. The maximum absolute atomic E-state index is 12.1. The number of amides is 1. The van der Waals surface area contributed by atoms with Gasteiger partial charge in [-0.2, -0.15) is 0 Å². The van der Waals surface area contributed by atoms with Crippen LogP contribution in [0.4, 0.5) is 0 Å². The minimum Gasteiger partial charge on any atom is -0.348 e. The molecule has 0 aliphatic rings. The van der Waals surface area contributed by atoms with Crippen LogP contribution < -0.4 is 5.32 Å². The Bertz CT molecular complexity index is 847. The number of fused-ring (bicyclic) bond motifs is 1. The third-order valence-corrected chi connectivity index (χ3v) is 4.64. The lowest BCUT2D eigenvalue weighted by atomic mass is 10.3. The summed E-state index contributed by atoms with van der Waals surface area (Å²) in [4.78, 5) is 18.5. The van der Waals surface area contributed by atoms with Gasteiger partial charge in [0.25, 0.3) is 5.91 Å². The molecule has 0 spiro atoms. The maximum Gasteiger partial charge on any atom is 0.261 e. The number of carbonyl (C=O) groups is 1. The zero-order valence-corrected chi connectivity index (χ0v) is 13.9. The Kier molecular flexibility index (Phi) is 4.57. The molecule has 0 aliphatic heterocycles. The molecule has 1 aromatic carbocycles. The Morgan fingerprint density at radius 2 is 2.17 bits per heavy atom. The van der Waals surface area contributed by atoms with Crippen molar-refractivity contribution in [3.8, 4) is 10.7 Å². The summed E-state index contributed by atoms with van der Waals surface area (Å²) in [5, 5.41) is 2.81. The van der Waals surface area contributed by atoms with Crippen LogP contribution in [0.15, 0.2) is 49.1 Å². The van der Waals surface area contributed by atoms with Crippen molar-refractivity contribution in [2.75, 3.05) is 6.54 Å². The van der Waals surface area contributed by atoms with E-state index in [0.29, 0.717) is 11.4 Å². The molecule has 0 aliphatic carbocycles. The Labute approximate surface area is 139 Å². The summed E-state index contributed by atoms with van der Waals surface area (Å²) in [5.41, 5.74) is 2.12. The molecule has 1 N–H and O–H groups in total. The third-order valence-electron chi connectivity index (χ3n) is 3.56. The molecule has 0 atom stereocenters. The van der Waals surface area contributed by atoms with Crippen molar-refractivity contribution in [3.63, 3.8) is 0 Å². The van der Waals surface area contributed by atoms with E-state index in [1.807, 2.05) is 30.3 Å². The van der Waals surface area contributed by atoms with E-state index in [-0.39, 0.29) is 5.91 Å². The van der Waals surface area contributed by atoms with Gasteiger partial charge in [-0.05, 0) is 30.7 Å². The third kappa shape index (κ3) is 3.05. The van der Waals surface area contributed by atoms with Crippen LogP contribution in [-0.4, -0.2) is 22.0 Å². The highest BCUT2D eigenvalue weighted by atomic mass is 32.1. The predicted octanol–water partition coefficient (Wildman–Crippen LogP) is 4.09. The summed E-state index contributed by atoms with van der Waals surface area (Å²) in [6.45, 7) is 7.15. The van der Waals surface area contributed by atoms with Crippen LogP contribution >= 0.6 is 11.3 Å². The standard InChI is InChI=1S/C18H19N3OS/c1-3-11-19-18(22)16-10-9-15(23-16)17-20-13-7-5-6-8-14(13)21(17)12-4-2/h3,5-10H,1,4,11-12H2,2H3,(H,19,22). The normalized spacial score (nSPS) is 10.8. The zero-order valence-electron chi connectivity index (χ0n) is 13.1. The Balaban J connectivity index is 2.00. The number of aryl methyl sites for hydroxylation is 1. The monoisotopic (exact) mass is 325 g/mol. The van der Waals surface area contributed by atoms with E-state index in [2.05, 4.69) is 29.5 Å². The number of nitrogens with zero attached hydrogens (tertiary/aromatic N) is 2. The van der Waals surface area contributed by atoms with Gasteiger partial charge in [0.2, 0.25) is 0 Å². The molecule has 0 saturated heterocycles. The SMILES string of the molecule is C=CCNC(=O)c1ccc(-c2nc3ccccc3n2CCC)s1. The second-order valence-corrected chi connectivity index (χ2v) is 6.32. The largest absolute Gasteiger partial charge is 0.348 e. The number of aromatic nitrogens is 2. The highest BCUT2D eigenvalue weighted by Crippen LogP contribution is 2.30. The molecule has 3 rings (SSSR count). The van der Waals surface area contributed by atoms with Crippen molar-refractivity contribution in [1.82, 2.24) is 14.9 Å². The molecule has 0 bridgehead atoms. The topological polar surface area (TPSA) is 46.9 Å². The van der Waals surface area contributed by atoms with Crippen LogP contribution in [0.5, 0.6) is 0 Å². The lowest BCUT2D eigenvalue weighted by Gasteiger charge is -2.05. The summed E-state index contributed by atoms with van der Waals surface area (Å²) in [6, 6.07) is 12.0. The van der Waals surface area contributed by atoms with Gasteiger partial charge in [0.1, 0.15) is 0 Å². The highest BCUT2D eigenvalue weighted by molar-refractivity contribution is 7.17. The van der Waals surface area contributed by atoms with Gasteiger partial charge in [0, 0.05) is 13.1 Å². The number of carbonyl (C=O) groups excluding carboxylic acids is 1. The van der Waals surface area contributed by atoms with Gasteiger partial charge in [0.05, 0.1) is 20.8 Å². The number of hydrogen-bond acceptors (Lipinski definition) is 3. The van der Waals surface area contributed by atoms with Crippen molar-refractivity contribution in [3.05, 3.63) is 53.9 Å². The van der Waals surface area contributed by atoms with E-state index < -0.39 is 0 Å². The van der Waals surface area contributed by atoms with Gasteiger partial charge in [0.15, 0.2) is 5.82 Å². The number of nitrogens with one attached hydrogen (secondary N) is 1. The van der Waals surface area contributed by atoms with Crippen molar-refractivity contribution in [2.45, 2.75) is 19.9 Å². The van der Waals surface area contributed by atoms with Crippen LogP contribution in [-0.2, 0) is 6.54 Å². The molecule has 4 nitrogen and oxygen atoms in total. The summed E-state index contributed by atoms with van der Waals surface area (Å²) >= 11 is 1.47. The van der Waals surface area contributed by atoms with Crippen LogP contribution in [0.1, 0.15) is 23.0 Å². The second kappa shape index (κ2) is 6.79. The highest BCUT2D eigenvalue weighted by Gasteiger charge is 2.15. The molecule has 0 radical (unpaired) electrons. The van der Waals surface area contributed by atoms with Crippen molar-refractivity contribution >= 4 is 28.3 Å². The molecule has 3 aromatic rings. The Hall–Kier alpha value is -2.40. The lowest BCUT2D eigenvalue weighted by molar-refractivity contribution is 0.0962. The van der Waals surface area contributed by atoms with Gasteiger partial charge in [-0.25, -0.2) is 4.98 Å². The first-order valence-corrected chi connectivity index (χ1v) is 8.50. The fraction of sp³-hybridized carbons (Fsp3) is 0.222. The van der Waals surface area contributed by atoms with Crippen LogP contribution in [0, 0.1) is 0 Å². The summed E-state index contributed by atoms with van der Waals surface area (Å²) in [7, 11) is 0. The molecular weight excluding hydrogens is 306 g/mol. The fourth-order valence-corrected chi connectivity index (χ4v) is 3.47. The van der Waals surface area contributed by atoms with Crippen molar-refractivity contribution < 1.29 is 4.79 Å². The minimum absolute atomic E-state index is 0.0701. The average molecular weight is 325 g/mol. The van der Waals surface area contributed by atoms with E-state index in [4.69, 9.17) is 4.98 Å². The molecule has 0 fully saturated rings. The molecule has 23 heavy (non-hydrogen) atoms. The van der Waals surface area contributed by atoms with Crippen molar-refractivity contribution in [1.29, 1.82) is 0 Å². The maximum atomic E-state index is 12.1. The first kappa shape index (κ1) is 15.5. The Morgan fingerprint density at radius 3 is 2.96 bits per heavy atom. The quantitative estimate of drug-likeness (QED) is 0.694. The van der Waals surface area contributed by atoms with E-state index in [1.165, 1.54) is 11.3 Å². The summed E-state index contributed by atoms with van der Waals surface area (Å²) < 4.78 is 2.23. The van der Waals surface area contributed by atoms with Gasteiger partial charge in [-0.15, -0.1) is 17.9 Å². The van der Waals surface area contributed by atoms with Crippen molar-refractivity contribution in [2.24, 2.45) is 0 Å². The van der Waals surface area contributed by atoms with Gasteiger partial charge in [-0.1, -0.05) is 25.1 Å². The fourth-order valence-electron chi connectivity index (χ4n) is 2.55. The van der Waals surface area contributed by atoms with E-state index >= 15 is 0 Å². The first-order valence-electron chi connectivity index (χ1n) is 7.69. The molecule has 2 aromatic heterocycles. The predicted molar refractivity (Wildman–Crippen MR) is 95.9 cm³/mol. The van der Waals surface area contributed by atoms with E-state index in [0.717, 1.165) is 34.7 Å². The average Bonchev–Trinajstić information content (AvgIpc) is 3.18.